The van der Waals surface area contributed by atoms with Gasteiger partial charge in [-0.25, -0.2) is 0 Å². The molecule has 1 heterocycles. The van der Waals surface area contributed by atoms with Crippen LogP contribution in [0.4, 0.5) is 0 Å². The third kappa shape index (κ3) is 1.48. The fourth-order valence-corrected chi connectivity index (χ4v) is 3.27. The molecule has 3 aliphatic rings. The van der Waals surface area contributed by atoms with Crippen LogP contribution in [0.5, 0.6) is 0 Å². The van der Waals surface area contributed by atoms with E-state index in [1.165, 1.54) is 6.42 Å². The lowest BCUT2D eigenvalue weighted by molar-refractivity contribution is -0.143. The highest BCUT2D eigenvalue weighted by molar-refractivity contribution is 5.80. The molecule has 3 fully saturated rings. The number of hydrogen-bond donors (Lipinski definition) is 1. The number of hydrogen-bond acceptors (Lipinski definition) is 2. The van der Waals surface area contributed by atoms with Crippen LogP contribution in [0, 0.1) is 17.8 Å². The predicted octanol–water partition coefficient (Wildman–Crippen LogP) is 0.982. The van der Waals surface area contributed by atoms with Gasteiger partial charge in [-0.05, 0) is 37.5 Å². The van der Waals surface area contributed by atoms with Gasteiger partial charge in [0, 0.05) is 19.0 Å². The molecular weight excluding hydrogens is 188 g/mol. The first-order chi connectivity index (χ1) is 7.11. The largest absolute Gasteiger partial charge is 0.339 e. The highest BCUT2D eigenvalue weighted by Gasteiger charge is 2.51. The minimum atomic E-state index is -0.0722. The number of fused-ring (bicyclic) bond motifs is 1. The molecule has 2 atom stereocenters. The van der Waals surface area contributed by atoms with Crippen molar-refractivity contribution in [2.75, 3.05) is 13.1 Å². The summed E-state index contributed by atoms with van der Waals surface area (Å²) in [4.78, 5) is 14.0. The molecule has 3 heteroatoms. The van der Waals surface area contributed by atoms with E-state index in [9.17, 15) is 4.79 Å². The molecule has 0 bridgehead atoms. The third-order valence-corrected chi connectivity index (χ3v) is 4.62. The molecule has 84 valence electrons. The second-order valence-electron chi connectivity index (χ2n) is 5.83. The summed E-state index contributed by atoms with van der Waals surface area (Å²) in [6.07, 6.45) is 4.68. The Kier molecular flexibility index (Phi) is 1.91. The minimum absolute atomic E-state index is 0.0722. The van der Waals surface area contributed by atoms with Crippen molar-refractivity contribution in [3.63, 3.8) is 0 Å². The molecule has 1 saturated heterocycles. The first kappa shape index (κ1) is 9.64. The van der Waals surface area contributed by atoms with Crippen molar-refractivity contribution in [1.82, 2.24) is 4.90 Å². The zero-order valence-corrected chi connectivity index (χ0v) is 9.41. The monoisotopic (exact) mass is 208 g/mol. The van der Waals surface area contributed by atoms with Gasteiger partial charge in [-0.2, -0.15) is 0 Å². The Morgan fingerprint density at radius 1 is 1.33 bits per heavy atom. The standard InChI is InChI=1S/C12H20N2O/c1-2-12(13)6-14(7-12)11(15)10-4-8-3-9(8)5-10/h8-10H,2-7,13H2,1H3. The first-order valence-electron chi connectivity index (χ1n) is 6.19. The van der Waals surface area contributed by atoms with Crippen molar-refractivity contribution in [3.05, 3.63) is 0 Å². The van der Waals surface area contributed by atoms with E-state index >= 15 is 0 Å². The summed E-state index contributed by atoms with van der Waals surface area (Å²) in [6, 6.07) is 0. The van der Waals surface area contributed by atoms with Gasteiger partial charge in [0.1, 0.15) is 0 Å². The van der Waals surface area contributed by atoms with Crippen LogP contribution in [0.1, 0.15) is 32.6 Å². The zero-order chi connectivity index (χ0) is 10.6. The molecule has 2 N–H and O–H groups in total. The Bertz CT molecular complexity index is 286. The SMILES string of the molecule is CCC1(N)CN(C(=O)C2CC3CC3C2)C1. The normalized spacial score (nSPS) is 40.9. The minimum Gasteiger partial charge on any atom is -0.339 e. The summed E-state index contributed by atoms with van der Waals surface area (Å²) in [5, 5.41) is 0. The zero-order valence-electron chi connectivity index (χ0n) is 9.41. The highest BCUT2D eigenvalue weighted by Crippen LogP contribution is 2.54. The summed E-state index contributed by atoms with van der Waals surface area (Å²) >= 11 is 0. The summed E-state index contributed by atoms with van der Waals surface area (Å²) in [7, 11) is 0. The molecule has 0 aromatic carbocycles. The number of carbonyl (C=O) groups is 1. The average Bonchev–Trinajstić information content (AvgIpc) is 2.80. The Balaban J connectivity index is 1.54. The Hall–Kier alpha value is -0.570. The van der Waals surface area contributed by atoms with Crippen LogP contribution < -0.4 is 5.73 Å². The van der Waals surface area contributed by atoms with Crippen molar-refractivity contribution in [2.45, 2.75) is 38.1 Å². The van der Waals surface area contributed by atoms with Crippen LogP contribution in [0.25, 0.3) is 0 Å². The molecule has 0 aromatic heterocycles. The fraction of sp³-hybridized carbons (Fsp3) is 0.917. The van der Waals surface area contributed by atoms with Crippen molar-refractivity contribution in [1.29, 1.82) is 0 Å². The molecule has 2 unspecified atom stereocenters. The van der Waals surface area contributed by atoms with Crippen LogP contribution in [-0.2, 0) is 4.79 Å². The van der Waals surface area contributed by atoms with Crippen LogP contribution in [0.15, 0.2) is 0 Å². The molecule has 0 spiro atoms. The van der Waals surface area contributed by atoms with Crippen molar-refractivity contribution in [3.8, 4) is 0 Å². The summed E-state index contributed by atoms with van der Waals surface area (Å²) in [5.41, 5.74) is 6.00. The number of rotatable bonds is 2. The van der Waals surface area contributed by atoms with E-state index in [1.807, 2.05) is 4.90 Å². The van der Waals surface area contributed by atoms with E-state index in [0.717, 1.165) is 44.2 Å². The van der Waals surface area contributed by atoms with Gasteiger partial charge in [0.15, 0.2) is 0 Å². The number of amides is 1. The molecule has 3 nitrogen and oxygen atoms in total. The van der Waals surface area contributed by atoms with E-state index in [1.54, 1.807) is 0 Å². The summed E-state index contributed by atoms with van der Waals surface area (Å²) in [6.45, 7) is 3.68. The predicted molar refractivity (Wildman–Crippen MR) is 58.1 cm³/mol. The number of likely N-dealkylation sites (tertiary alicyclic amines) is 1. The third-order valence-electron chi connectivity index (χ3n) is 4.62. The number of nitrogens with zero attached hydrogens (tertiary/aromatic N) is 1. The summed E-state index contributed by atoms with van der Waals surface area (Å²) < 4.78 is 0. The lowest BCUT2D eigenvalue weighted by atomic mass is 9.86. The van der Waals surface area contributed by atoms with Gasteiger partial charge in [-0.1, -0.05) is 6.92 Å². The van der Waals surface area contributed by atoms with E-state index < -0.39 is 0 Å². The van der Waals surface area contributed by atoms with Gasteiger partial charge in [0.05, 0.1) is 5.54 Å². The van der Waals surface area contributed by atoms with Gasteiger partial charge in [0.2, 0.25) is 5.91 Å². The maximum Gasteiger partial charge on any atom is 0.225 e. The second kappa shape index (κ2) is 2.97. The Morgan fingerprint density at radius 3 is 2.47 bits per heavy atom. The maximum absolute atomic E-state index is 12.1. The van der Waals surface area contributed by atoms with Gasteiger partial charge < -0.3 is 10.6 Å². The maximum atomic E-state index is 12.1. The molecule has 1 amide bonds. The molecule has 0 aromatic rings. The number of nitrogens with two attached hydrogens (primary N) is 1. The first-order valence-corrected chi connectivity index (χ1v) is 6.19. The second-order valence-corrected chi connectivity index (χ2v) is 5.83. The van der Waals surface area contributed by atoms with Crippen LogP contribution >= 0.6 is 0 Å². The van der Waals surface area contributed by atoms with E-state index in [0.29, 0.717) is 11.8 Å². The van der Waals surface area contributed by atoms with Crippen LogP contribution in [-0.4, -0.2) is 29.4 Å². The van der Waals surface area contributed by atoms with Gasteiger partial charge in [0.25, 0.3) is 0 Å². The van der Waals surface area contributed by atoms with Crippen LogP contribution in [0.2, 0.25) is 0 Å². The molecule has 3 rings (SSSR count). The molecule has 2 aliphatic carbocycles. The quantitative estimate of drug-likeness (QED) is 0.735. The number of carbonyl (C=O) groups excluding carboxylic acids is 1. The van der Waals surface area contributed by atoms with Crippen molar-refractivity contribution >= 4 is 5.91 Å². The smallest absolute Gasteiger partial charge is 0.225 e. The fourth-order valence-electron chi connectivity index (χ4n) is 3.27. The molecule has 15 heavy (non-hydrogen) atoms. The molecule has 2 saturated carbocycles. The van der Waals surface area contributed by atoms with E-state index in [4.69, 9.17) is 5.73 Å². The van der Waals surface area contributed by atoms with Crippen molar-refractivity contribution in [2.24, 2.45) is 23.5 Å². The van der Waals surface area contributed by atoms with Gasteiger partial charge in [-0.15, -0.1) is 0 Å². The van der Waals surface area contributed by atoms with Crippen molar-refractivity contribution < 1.29 is 4.79 Å². The lowest BCUT2D eigenvalue weighted by Gasteiger charge is -2.48. The Labute approximate surface area is 91.0 Å². The Morgan fingerprint density at radius 2 is 1.93 bits per heavy atom. The van der Waals surface area contributed by atoms with Gasteiger partial charge in [-0.3, -0.25) is 4.79 Å². The highest BCUT2D eigenvalue weighted by atomic mass is 16.2. The van der Waals surface area contributed by atoms with E-state index in [-0.39, 0.29) is 5.54 Å². The van der Waals surface area contributed by atoms with Gasteiger partial charge >= 0.3 is 0 Å². The lowest BCUT2D eigenvalue weighted by Crippen LogP contribution is -2.68. The average molecular weight is 208 g/mol. The molecule has 0 radical (unpaired) electrons. The molecule has 1 aliphatic heterocycles. The summed E-state index contributed by atoms with van der Waals surface area (Å²) in [5.74, 6) is 2.52. The topological polar surface area (TPSA) is 46.3 Å². The van der Waals surface area contributed by atoms with Crippen LogP contribution in [0.3, 0.4) is 0 Å². The molecular formula is C12H20N2O. The van der Waals surface area contributed by atoms with E-state index in [2.05, 4.69) is 6.92 Å².